The minimum Gasteiger partial charge on any atom is -0.487 e. The lowest BCUT2D eigenvalue weighted by atomic mass is 10.2. The quantitative estimate of drug-likeness (QED) is 0.127. The number of nitrogens with zero attached hydrogens (tertiary/aromatic N) is 6. The number of hydrogen-bond acceptors (Lipinski definition) is 11. The van der Waals surface area contributed by atoms with Gasteiger partial charge in [-0.3, -0.25) is 4.98 Å². The van der Waals surface area contributed by atoms with Crippen molar-refractivity contribution in [1.29, 1.82) is 0 Å². The second-order valence-corrected chi connectivity index (χ2v) is 14.4. The number of aryl methyl sites for hydroxylation is 1. The van der Waals surface area contributed by atoms with Crippen molar-refractivity contribution in [3.8, 4) is 17.1 Å². The number of pyridine rings is 2. The predicted molar refractivity (Wildman–Crippen MR) is 186 cm³/mol. The molecule has 4 aromatic heterocycles. The van der Waals surface area contributed by atoms with Crippen molar-refractivity contribution in [3.05, 3.63) is 112 Å². The number of hydrogen-bond donors (Lipinski definition) is 1. The molecular formula is C34H31ClFN7O3S2. The maximum Gasteiger partial charge on any atom is 0.196 e. The summed E-state index contributed by atoms with van der Waals surface area (Å²) in [7, 11) is -1.50. The molecule has 0 spiro atoms. The van der Waals surface area contributed by atoms with E-state index in [0.29, 0.717) is 45.6 Å². The highest BCUT2D eigenvalue weighted by Crippen LogP contribution is 2.32. The van der Waals surface area contributed by atoms with Gasteiger partial charge in [-0.1, -0.05) is 29.8 Å². The van der Waals surface area contributed by atoms with Crippen LogP contribution in [0.3, 0.4) is 0 Å². The zero-order valence-corrected chi connectivity index (χ0v) is 28.3. The van der Waals surface area contributed by atoms with Crippen LogP contribution in [0.25, 0.3) is 22.3 Å². The van der Waals surface area contributed by atoms with Gasteiger partial charge in [0.2, 0.25) is 0 Å². The first-order valence-electron chi connectivity index (χ1n) is 15.1. The van der Waals surface area contributed by atoms with Crippen LogP contribution in [-0.2, 0) is 22.9 Å². The number of rotatable bonds is 14. The highest BCUT2D eigenvalue weighted by atomic mass is 35.5. The molecule has 4 heterocycles. The minimum absolute atomic E-state index is 0.0148. The fourth-order valence-electron chi connectivity index (χ4n) is 4.89. The third kappa shape index (κ3) is 8.47. The number of fused-ring (bicyclic) bond motifs is 1. The molecule has 1 N–H and O–H groups in total. The molecule has 0 atom stereocenters. The molecular weight excluding hydrogens is 673 g/mol. The van der Waals surface area contributed by atoms with E-state index in [-0.39, 0.29) is 23.2 Å². The molecule has 14 heteroatoms. The number of nitrogens with one attached hydrogen (secondary N) is 1. The third-order valence-electron chi connectivity index (χ3n) is 7.44. The number of ether oxygens (including phenoxy) is 1. The van der Waals surface area contributed by atoms with Crippen molar-refractivity contribution in [2.24, 2.45) is 0 Å². The van der Waals surface area contributed by atoms with Crippen LogP contribution >= 0.6 is 22.9 Å². The maximum absolute atomic E-state index is 13.5. The Morgan fingerprint density at radius 3 is 2.69 bits per heavy atom. The second-order valence-electron chi connectivity index (χ2n) is 11.0. The molecule has 0 bridgehead atoms. The first-order valence-corrected chi connectivity index (χ1v) is 18.0. The predicted octanol–water partition coefficient (Wildman–Crippen LogP) is 7.00. The van der Waals surface area contributed by atoms with Gasteiger partial charge >= 0.3 is 0 Å². The summed E-state index contributed by atoms with van der Waals surface area (Å²) in [5.41, 5.74) is 3.52. The Balaban J connectivity index is 1.06. The monoisotopic (exact) mass is 703 g/mol. The second kappa shape index (κ2) is 15.1. The smallest absolute Gasteiger partial charge is 0.196 e. The molecule has 246 valence electrons. The summed E-state index contributed by atoms with van der Waals surface area (Å²) in [4.78, 5) is 24.2. The van der Waals surface area contributed by atoms with Gasteiger partial charge in [-0.15, -0.1) is 11.3 Å². The highest BCUT2D eigenvalue weighted by molar-refractivity contribution is 7.91. The van der Waals surface area contributed by atoms with Crippen LogP contribution in [0.2, 0.25) is 5.02 Å². The zero-order valence-electron chi connectivity index (χ0n) is 25.9. The summed E-state index contributed by atoms with van der Waals surface area (Å²) in [5.74, 6) is 0.750. The Morgan fingerprint density at radius 2 is 1.88 bits per heavy atom. The van der Waals surface area contributed by atoms with E-state index in [0.717, 1.165) is 35.5 Å². The Kier molecular flexibility index (Phi) is 10.5. The van der Waals surface area contributed by atoms with E-state index in [9.17, 15) is 12.8 Å². The van der Waals surface area contributed by atoms with E-state index in [1.165, 1.54) is 30.7 Å². The van der Waals surface area contributed by atoms with Crippen LogP contribution in [0.4, 0.5) is 15.9 Å². The van der Waals surface area contributed by atoms with Crippen molar-refractivity contribution < 1.29 is 17.5 Å². The standard InChI is InChI=1S/C34H31ClFN7O3S2/c1-43(14-15-48(44,45)33-9-2-3-12-37-33)13-5-8-32-42-30(21-47-32)28-18-26-29(19-38-28)39-22-40-34(26)41-25-10-11-31(27(35)17-25)46-20-23-6-4-7-24(36)16-23/h2-4,6-7,9-12,16-19,21-22H,5,8,13-15,20H2,1H3,(H,39,40,41). The van der Waals surface area contributed by atoms with E-state index in [1.54, 1.807) is 53.9 Å². The van der Waals surface area contributed by atoms with E-state index in [1.807, 2.05) is 29.5 Å². The maximum atomic E-state index is 13.5. The van der Waals surface area contributed by atoms with Crippen molar-refractivity contribution in [2.45, 2.75) is 24.5 Å². The Hall–Kier alpha value is -4.56. The molecule has 2 aromatic carbocycles. The van der Waals surface area contributed by atoms with Crippen LogP contribution in [0.1, 0.15) is 17.0 Å². The average Bonchev–Trinajstić information content (AvgIpc) is 3.56. The molecule has 6 rings (SSSR count). The summed E-state index contributed by atoms with van der Waals surface area (Å²) in [5, 5.41) is 7.53. The fourth-order valence-corrected chi connectivity index (χ4v) is 7.22. The van der Waals surface area contributed by atoms with Crippen molar-refractivity contribution >= 4 is 55.2 Å². The van der Waals surface area contributed by atoms with Gasteiger partial charge in [-0.2, -0.15) is 0 Å². The Bertz CT molecular complexity index is 2130. The summed E-state index contributed by atoms with van der Waals surface area (Å²) in [6.07, 6.45) is 6.24. The van der Waals surface area contributed by atoms with Crippen LogP contribution in [0, 0.1) is 5.82 Å². The topological polar surface area (TPSA) is 123 Å². The largest absolute Gasteiger partial charge is 0.487 e. The van der Waals surface area contributed by atoms with Gasteiger partial charge in [0.25, 0.3) is 0 Å². The van der Waals surface area contributed by atoms with Gasteiger partial charge < -0.3 is 15.0 Å². The molecule has 10 nitrogen and oxygen atoms in total. The van der Waals surface area contributed by atoms with Crippen molar-refractivity contribution in [2.75, 3.05) is 31.2 Å². The fraction of sp³-hybridized carbons (Fsp3) is 0.206. The van der Waals surface area contributed by atoms with Gasteiger partial charge in [0.15, 0.2) is 14.9 Å². The molecule has 48 heavy (non-hydrogen) atoms. The molecule has 0 amide bonds. The van der Waals surface area contributed by atoms with E-state index < -0.39 is 9.84 Å². The van der Waals surface area contributed by atoms with Crippen LogP contribution in [-0.4, -0.2) is 64.1 Å². The number of thiazole rings is 1. The van der Waals surface area contributed by atoms with Crippen LogP contribution < -0.4 is 10.1 Å². The normalized spacial score (nSPS) is 11.7. The van der Waals surface area contributed by atoms with Gasteiger partial charge in [-0.05, 0) is 74.1 Å². The number of benzene rings is 2. The lowest BCUT2D eigenvalue weighted by Crippen LogP contribution is -2.27. The van der Waals surface area contributed by atoms with Gasteiger partial charge in [0.05, 0.1) is 38.9 Å². The van der Waals surface area contributed by atoms with Crippen LogP contribution in [0.15, 0.2) is 95.9 Å². The van der Waals surface area contributed by atoms with Gasteiger partial charge in [0, 0.05) is 35.6 Å². The zero-order chi connectivity index (χ0) is 33.5. The summed E-state index contributed by atoms with van der Waals surface area (Å²) in [6.45, 7) is 1.34. The number of aromatic nitrogens is 5. The first kappa shape index (κ1) is 33.3. The third-order valence-corrected chi connectivity index (χ3v) is 10.2. The SMILES string of the molecule is CN(CCCc1nc(-c2cc3c(Nc4ccc(OCc5cccc(F)c5)c(Cl)c4)ncnc3cn2)cs1)CCS(=O)(=O)c1ccccn1. The minimum atomic E-state index is -3.42. The molecule has 0 unspecified atom stereocenters. The van der Waals surface area contributed by atoms with E-state index >= 15 is 0 Å². The summed E-state index contributed by atoms with van der Waals surface area (Å²) < 4.78 is 44.4. The van der Waals surface area contributed by atoms with Gasteiger partial charge in [0.1, 0.15) is 30.3 Å². The highest BCUT2D eigenvalue weighted by Gasteiger charge is 2.17. The molecule has 0 saturated carbocycles. The summed E-state index contributed by atoms with van der Waals surface area (Å²) in [6, 6.07) is 18.3. The Morgan fingerprint density at radius 1 is 0.979 bits per heavy atom. The number of anilines is 2. The lowest BCUT2D eigenvalue weighted by molar-refractivity contribution is 0.306. The molecule has 0 aliphatic carbocycles. The van der Waals surface area contributed by atoms with E-state index in [2.05, 4.69) is 25.3 Å². The van der Waals surface area contributed by atoms with Crippen molar-refractivity contribution in [1.82, 2.24) is 29.8 Å². The van der Waals surface area contributed by atoms with Crippen molar-refractivity contribution in [3.63, 3.8) is 0 Å². The molecule has 0 aliphatic heterocycles. The molecule has 0 saturated heterocycles. The van der Waals surface area contributed by atoms with Crippen LogP contribution in [0.5, 0.6) is 5.75 Å². The Labute approximate surface area is 286 Å². The molecule has 0 aliphatic rings. The molecule has 0 fully saturated rings. The molecule has 0 radical (unpaired) electrons. The summed E-state index contributed by atoms with van der Waals surface area (Å²) >= 11 is 8.07. The van der Waals surface area contributed by atoms with E-state index in [4.69, 9.17) is 21.3 Å². The average molecular weight is 704 g/mol. The van der Waals surface area contributed by atoms with Gasteiger partial charge in [-0.25, -0.2) is 32.7 Å². The number of sulfone groups is 1. The lowest BCUT2D eigenvalue weighted by Gasteiger charge is -2.15. The number of halogens is 2. The molecule has 6 aromatic rings. The first-order chi connectivity index (χ1) is 23.2.